The molecule has 2 N–H and O–H groups in total. The predicted octanol–water partition coefficient (Wildman–Crippen LogP) is 2.15. The van der Waals surface area contributed by atoms with Crippen molar-refractivity contribution in [2.75, 3.05) is 18.5 Å². The molecule has 10 heteroatoms. The van der Waals surface area contributed by atoms with Crippen LogP contribution in [-0.4, -0.2) is 49.0 Å². The van der Waals surface area contributed by atoms with E-state index < -0.39 is 0 Å². The van der Waals surface area contributed by atoms with Crippen LogP contribution < -0.4 is 10.6 Å². The van der Waals surface area contributed by atoms with E-state index in [-0.39, 0.29) is 12.5 Å². The first-order valence-corrected chi connectivity index (χ1v) is 9.88. The van der Waals surface area contributed by atoms with Crippen LogP contribution in [0.25, 0.3) is 22.4 Å². The number of anilines is 1. The summed E-state index contributed by atoms with van der Waals surface area (Å²) in [6.45, 7) is 3.04. The molecule has 0 radical (unpaired) electrons. The second-order valence-electron chi connectivity index (χ2n) is 6.80. The van der Waals surface area contributed by atoms with Gasteiger partial charge in [0.05, 0.1) is 24.7 Å². The second-order valence-corrected chi connectivity index (χ2v) is 7.21. The lowest BCUT2D eigenvalue weighted by molar-refractivity contribution is -0.144. The van der Waals surface area contributed by atoms with Gasteiger partial charge in [-0.05, 0) is 50.0 Å². The van der Waals surface area contributed by atoms with Crippen LogP contribution in [0.3, 0.4) is 0 Å². The van der Waals surface area contributed by atoms with E-state index in [1.54, 1.807) is 25.5 Å². The summed E-state index contributed by atoms with van der Waals surface area (Å²) in [4.78, 5) is 25.1. The molecule has 29 heavy (non-hydrogen) atoms. The topological polar surface area (TPSA) is 107 Å². The normalized spacial score (nSPS) is 13.3. The highest BCUT2D eigenvalue weighted by Crippen LogP contribution is 2.27. The molecule has 9 nitrogen and oxygen atoms in total. The molecule has 3 heterocycles. The van der Waals surface area contributed by atoms with E-state index in [1.807, 2.05) is 12.1 Å². The molecule has 0 amide bonds. The Morgan fingerprint density at radius 3 is 2.97 bits per heavy atom. The molecular weight excluding hydrogens is 390 g/mol. The second kappa shape index (κ2) is 8.48. The van der Waals surface area contributed by atoms with Crippen LogP contribution in [0.4, 0.5) is 5.82 Å². The largest absolute Gasteiger partial charge is 0.465 e. The number of carbonyl (C=O) groups is 1. The van der Waals surface area contributed by atoms with Gasteiger partial charge in [0.1, 0.15) is 17.9 Å². The molecule has 1 saturated carbocycles. The highest BCUT2D eigenvalue weighted by atomic mass is 32.1. The molecule has 1 fully saturated rings. The van der Waals surface area contributed by atoms with Gasteiger partial charge in [0.15, 0.2) is 10.8 Å². The van der Waals surface area contributed by atoms with Crippen LogP contribution in [0.15, 0.2) is 30.7 Å². The number of ether oxygens (including phenoxy) is 1. The molecule has 0 unspecified atom stereocenters. The maximum atomic E-state index is 11.6. The minimum absolute atomic E-state index is 0.0481. The van der Waals surface area contributed by atoms with Gasteiger partial charge in [-0.1, -0.05) is 0 Å². The molecule has 0 spiro atoms. The number of aromatic nitrogens is 5. The lowest BCUT2D eigenvalue weighted by atomic mass is 10.2. The van der Waals surface area contributed by atoms with Gasteiger partial charge in [-0.15, -0.1) is 0 Å². The summed E-state index contributed by atoms with van der Waals surface area (Å²) in [7, 11) is 0. The standard InChI is InChI=1S/C19H21N7O2S/c1-2-28-17(27)11-26-10-13(8-22-26)15-9-20-14-5-6-16(24-18(14)23-15)25-19(29)21-7-12-3-4-12/h5-6,8-10,12H,2-4,7,11H2,1H3,(H2,21,23,24,25,29). The molecule has 4 rings (SSSR count). The zero-order valence-corrected chi connectivity index (χ0v) is 16.8. The maximum absolute atomic E-state index is 11.6. The number of hydrogen-bond donors (Lipinski definition) is 2. The summed E-state index contributed by atoms with van der Waals surface area (Å²) >= 11 is 5.32. The number of nitrogens with one attached hydrogen (secondary N) is 2. The zero-order chi connectivity index (χ0) is 20.2. The summed E-state index contributed by atoms with van der Waals surface area (Å²) < 4.78 is 6.45. The average molecular weight is 411 g/mol. The van der Waals surface area contributed by atoms with Crippen LogP contribution in [0, 0.1) is 5.92 Å². The first kappa shape index (κ1) is 19.2. The molecule has 0 aromatic carbocycles. The van der Waals surface area contributed by atoms with Crippen molar-refractivity contribution in [3.05, 3.63) is 30.7 Å². The third-order valence-electron chi connectivity index (χ3n) is 4.42. The molecule has 150 valence electrons. The Morgan fingerprint density at radius 1 is 1.31 bits per heavy atom. The predicted molar refractivity (Wildman–Crippen MR) is 112 cm³/mol. The summed E-state index contributed by atoms with van der Waals surface area (Å²) in [6, 6.07) is 3.66. The number of hydrogen-bond acceptors (Lipinski definition) is 7. The zero-order valence-electron chi connectivity index (χ0n) is 16.0. The fraction of sp³-hybridized carbons (Fsp3) is 0.368. The van der Waals surface area contributed by atoms with Crippen molar-refractivity contribution in [3.8, 4) is 11.3 Å². The third-order valence-corrected chi connectivity index (χ3v) is 4.67. The smallest absolute Gasteiger partial charge is 0.327 e. The lowest BCUT2D eigenvalue weighted by Gasteiger charge is -2.09. The Hall–Kier alpha value is -3.14. The van der Waals surface area contributed by atoms with Crippen molar-refractivity contribution >= 4 is 40.3 Å². The highest BCUT2D eigenvalue weighted by Gasteiger charge is 2.21. The fourth-order valence-corrected chi connectivity index (χ4v) is 2.94. The number of thiocarbonyl (C=S) groups is 1. The van der Waals surface area contributed by atoms with Crippen molar-refractivity contribution in [1.29, 1.82) is 0 Å². The van der Waals surface area contributed by atoms with Crippen LogP contribution in [0.5, 0.6) is 0 Å². The monoisotopic (exact) mass is 411 g/mol. The molecule has 0 bridgehead atoms. The van der Waals surface area contributed by atoms with Crippen LogP contribution in [0.2, 0.25) is 0 Å². The van der Waals surface area contributed by atoms with Crippen LogP contribution >= 0.6 is 12.2 Å². The Morgan fingerprint density at radius 2 is 2.17 bits per heavy atom. The summed E-state index contributed by atoms with van der Waals surface area (Å²) in [6.07, 6.45) is 7.54. The summed E-state index contributed by atoms with van der Waals surface area (Å²) in [5.74, 6) is 1.00. The first-order valence-electron chi connectivity index (χ1n) is 9.48. The number of rotatable bonds is 7. The van der Waals surface area contributed by atoms with Gasteiger partial charge in [0.25, 0.3) is 0 Å². The Kier molecular flexibility index (Phi) is 5.61. The molecule has 1 aliphatic rings. The first-order chi connectivity index (χ1) is 14.1. The summed E-state index contributed by atoms with van der Waals surface area (Å²) in [5.41, 5.74) is 2.53. The van der Waals surface area contributed by atoms with E-state index in [4.69, 9.17) is 17.0 Å². The number of esters is 1. The number of fused-ring (bicyclic) bond motifs is 1. The van der Waals surface area contributed by atoms with Gasteiger partial charge in [0.2, 0.25) is 0 Å². The fourth-order valence-electron chi connectivity index (χ4n) is 2.75. The quantitative estimate of drug-likeness (QED) is 0.447. The van der Waals surface area contributed by atoms with Crippen molar-refractivity contribution in [3.63, 3.8) is 0 Å². The Labute approximate surface area is 172 Å². The van der Waals surface area contributed by atoms with Crippen molar-refractivity contribution < 1.29 is 9.53 Å². The maximum Gasteiger partial charge on any atom is 0.327 e. The minimum atomic E-state index is -0.338. The van der Waals surface area contributed by atoms with Gasteiger partial charge >= 0.3 is 5.97 Å². The molecule has 0 saturated heterocycles. The highest BCUT2D eigenvalue weighted by molar-refractivity contribution is 7.80. The van der Waals surface area contributed by atoms with Gasteiger partial charge in [0, 0.05) is 18.3 Å². The van der Waals surface area contributed by atoms with Gasteiger partial charge in [-0.3, -0.25) is 14.5 Å². The average Bonchev–Trinajstić information content (AvgIpc) is 3.43. The summed E-state index contributed by atoms with van der Waals surface area (Å²) in [5, 5.41) is 11.0. The number of pyridine rings is 1. The Bertz CT molecular complexity index is 1050. The van der Waals surface area contributed by atoms with Crippen molar-refractivity contribution in [2.24, 2.45) is 5.92 Å². The van der Waals surface area contributed by atoms with E-state index in [0.29, 0.717) is 34.4 Å². The van der Waals surface area contributed by atoms with Crippen molar-refractivity contribution in [1.82, 2.24) is 30.0 Å². The lowest BCUT2D eigenvalue weighted by Crippen LogP contribution is -2.30. The van der Waals surface area contributed by atoms with Gasteiger partial charge in [-0.25, -0.2) is 9.97 Å². The molecular formula is C19H21N7O2S. The molecule has 0 aliphatic heterocycles. The SMILES string of the molecule is CCOC(=O)Cn1cc(-c2cnc3ccc(NC(=S)NCC4CC4)nc3n2)cn1. The van der Waals surface area contributed by atoms with Gasteiger partial charge in [-0.2, -0.15) is 5.10 Å². The van der Waals surface area contributed by atoms with Crippen LogP contribution in [-0.2, 0) is 16.1 Å². The van der Waals surface area contributed by atoms with E-state index in [2.05, 4.69) is 30.7 Å². The van der Waals surface area contributed by atoms with E-state index in [9.17, 15) is 4.79 Å². The van der Waals surface area contributed by atoms with E-state index in [0.717, 1.165) is 18.0 Å². The molecule has 3 aromatic heterocycles. The van der Waals surface area contributed by atoms with Crippen LogP contribution in [0.1, 0.15) is 19.8 Å². The molecule has 0 atom stereocenters. The van der Waals surface area contributed by atoms with Gasteiger partial charge < -0.3 is 15.4 Å². The minimum Gasteiger partial charge on any atom is -0.465 e. The van der Waals surface area contributed by atoms with E-state index in [1.165, 1.54) is 17.5 Å². The Balaban J connectivity index is 1.48. The number of nitrogens with zero attached hydrogens (tertiary/aromatic N) is 5. The molecule has 3 aromatic rings. The number of carbonyl (C=O) groups excluding carboxylic acids is 1. The third kappa shape index (κ3) is 5.02. The van der Waals surface area contributed by atoms with E-state index >= 15 is 0 Å². The molecule has 1 aliphatic carbocycles. The van der Waals surface area contributed by atoms with Crippen molar-refractivity contribution in [2.45, 2.75) is 26.3 Å².